The number of carbonyl (C=O) groups is 1. The van der Waals surface area contributed by atoms with Crippen LogP contribution in [0.5, 0.6) is 5.75 Å². The fourth-order valence-electron chi connectivity index (χ4n) is 2.26. The molecule has 122 valence electrons. The SMILES string of the molecule is COc1ccc(-n2nnc(C(=O)O)c2-c2ccc(Cl)cc2)cc1Cl. The molecule has 3 aromatic rings. The molecule has 0 aliphatic heterocycles. The van der Waals surface area contributed by atoms with E-state index in [1.165, 1.54) is 11.8 Å². The normalized spacial score (nSPS) is 10.6. The average molecular weight is 364 g/mol. The number of halogens is 2. The van der Waals surface area contributed by atoms with Crippen molar-refractivity contribution in [2.75, 3.05) is 7.11 Å². The molecule has 0 atom stereocenters. The smallest absolute Gasteiger partial charge is 0.358 e. The molecule has 0 unspecified atom stereocenters. The first kappa shape index (κ1) is 16.3. The van der Waals surface area contributed by atoms with E-state index in [1.54, 1.807) is 42.5 Å². The summed E-state index contributed by atoms with van der Waals surface area (Å²) in [6, 6.07) is 11.8. The lowest BCUT2D eigenvalue weighted by atomic mass is 10.1. The zero-order valence-corrected chi connectivity index (χ0v) is 13.9. The number of ether oxygens (including phenoxy) is 1. The minimum atomic E-state index is -1.18. The van der Waals surface area contributed by atoms with Crippen LogP contribution in [0.2, 0.25) is 10.0 Å². The van der Waals surface area contributed by atoms with E-state index >= 15 is 0 Å². The summed E-state index contributed by atoms with van der Waals surface area (Å²) in [7, 11) is 1.51. The number of aromatic nitrogens is 3. The zero-order valence-electron chi connectivity index (χ0n) is 12.4. The van der Waals surface area contributed by atoms with Crippen LogP contribution in [-0.2, 0) is 0 Å². The molecule has 1 N–H and O–H groups in total. The highest BCUT2D eigenvalue weighted by molar-refractivity contribution is 6.32. The standard InChI is InChI=1S/C16H11Cl2N3O3/c1-24-13-7-6-11(8-12(13)18)21-15(14(16(22)23)19-20-21)9-2-4-10(17)5-3-9/h2-8H,1H3,(H,22,23). The topological polar surface area (TPSA) is 77.2 Å². The molecule has 3 rings (SSSR count). The van der Waals surface area contributed by atoms with Gasteiger partial charge in [0.1, 0.15) is 11.4 Å². The van der Waals surface area contributed by atoms with Crippen molar-refractivity contribution in [1.29, 1.82) is 0 Å². The summed E-state index contributed by atoms with van der Waals surface area (Å²) < 4.78 is 6.54. The average Bonchev–Trinajstić information content (AvgIpc) is 3.00. The first-order chi connectivity index (χ1) is 11.5. The van der Waals surface area contributed by atoms with Crippen molar-refractivity contribution in [2.24, 2.45) is 0 Å². The third-order valence-corrected chi connectivity index (χ3v) is 3.92. The Balaban J connectivity index is 2.20. The summed E-state index contributed by atoms with van der Waals surface area (Å²) in [4.78, 5) is 11.5. The van der Waals surface area contributed by atoms with Crippen molar-refractivity contribution in [3.63, 3.8) is 0 Å². The number of hydrogen-bond donors (Lipinski definition) is 1. The van der Waals surface area contributed by atoms with Gasteiger partial charge in [-0.2, -0.15) is 0 Å². The quantitative estimate of drug-likeness (QED) is 0.759. The molecule has 0 amide bonds. The van der Waals surface area contributed by atoms with Gasteiger partial charge in [-0.15, -0.1) is 5.10 Å². The van der Waals surface area contributed by atoms with Crippen molar-refractivity contribution in [3.8, 4) is 22.7 Å². The Bertz CT molecular complexity index is 907. The first-order valence-electron chi connectivity index (χ1n) is 6.80. The molecule has 1 heterocycles. The highest BCUT2D eigenvalue weighted by Gasteiger charge is 2.22. The second-order valence-electron chi connectivity index (χ2n) is 4.83. The summed E-state index contributed by atoms with van der Waals surface area (Å²) in [5, 5.41) is 18.0. The highest BCUT2D eigenvalue weighted by Crippen LogP contribution is 2.30. The number of methoxy groups -OCH3 is 1. The molecule has 0 aliphatic rings. The fourth-order valence-corrected chi connectivity index (χ4v) is 2.64. The number of hydrogen-bond acceptors (Lipinski definition) is 4. The molecule has 0 bridgehead atoms. The van der Waals surface area contributed by atoms with Gasteiger partial charge in [-0.05, 0) is 30.3 Å². The molecule has 0 radical (unpaired) electrons. The van der Waals surface area contributed by atoms with Gasteiger partial charge in [-0.1, -0.05) is 40.5 Å². The summed E-state index contributed by atoms with van der Waals surface area (Å²) >= 11 is 12.0. The summed E-state index contributed by atoms with van der Waals surface area (Å²) in [6.07, 6.45) is 0. The summed E-state index contributed by atoms with van der Waals surface area (Å²) in [5.74, 6) is -0.669. The summed E-state index contributed by atoms with van der Waals surface area (Å²) in [6.45, 7) is 0. The molecule has 6 nitrogen and oxygen atoms in total. The van der Waals surface area contributed by atoms with Crippen molar-refractivity contribution in [2.45, 2.75) is 0 Å². The molecular formula is C16H11Cl2N3O3. The second kappa shape index (κ2) is 6.51. The molecule has 0 saturated carbocycles. The Morgan fingerprint density at radius 1 is 1.17 bits per heavy atom. The van der Waals surface area contributed by atoms with Crippen LogP contribution in [-0.4, -0.2) is 33.2 Å². The molecule has 0 aliphatic carbocycles. The monoisotopic (exact) mass is 363 g/mol. The van der Waals surface area contributed by atoms with Gasteiger partial charge in [0.15, 0.2) is 5.69 Å². The van der Waals surface area contributed by atoms with Crippen LogP contribution in [0.3, 0.4) is 0 Å². The van der Waals surface area contributed by atoms with E-state index in [9.17, 15) is 9.90 Å². The molecule has 24 heavy (non-hydrogen) atoms. The minimum Gasteiger partial charge on any atom is -0.495 e. The van der Waals surface area contributed by atoms with Gasteiger partial charge in [0, 0.05) is 10.6 Å². The number of carboxylic acid groups (broad SMARTS) is 1. The van der Waals surface area contributed by atoms with E-state index in [-0.39, 0.29) is 5.69 Å². The van der Waals surface area contributed by atoms with Gasteiger partial charge in [0.25, 0.3) is 0 Å². The zero-order chi connectivity index (χ0) is 17.3. The van der Waals surface area contributed by atoms with E-state index in [0.717, 1.165) is 0 Å². The van der Waals surface area contributed by atoms with Gasteiger partial charge in [-0.3, -0.25) is 0 Å². The maximum atomic E-state index is 11.5. The lowest BCUT2D eigenvalue weighted by Gasteiger charge is -2.09. The van der Waals surface area contributed by atoms with Gasteiger partial charge in [0.2, 0.25) is 0 Å². The molecule has 0 spiro atoms. The third kappa shape index (κ3) is 2.93. The Hall–Kier alpha value is -2.57. The van der Waals surface area contributed by atoms with E-state index in [2.05, 4.69) is 10.3 Å². The van der Waals surface area contributed by atoms with Crippen LogP contribution >= 0.6 is 23.2 Å². The molecule has 0 saturated heterocycles. The molecule has 1 aromatic heterocycles. The highest BCUT2D eigenvalue weighted by atomic mass is 35.5. The van der Waals surface area contributed by atoms with Crippen LogP contribution in [0.4, 0.5) is 0 Å². The van der Waals surface area contributed by atoms with Crippen LogP contribution in [0, 0.1) is 0 Å². The Morgan fingerprint density at radius 3 is 2.46 bits per heavy atom. The van der Waals surface area contributed by atoms with E-state index in [1.807, 2.05) is 0 Å². The maximum Gasteiger partial charge on any atom is 0.358 e. The number of benzene rings is 2. The van der Waals surface area contributed by atoms with Gasteiger partial charge in [0.05, 0.1) is 17.8 Å². The molecular weight excluding hydrogens is 353 g/mol. The van der Waals surface area contributed by atoms with Gasteiger partial charge in [-0.25, -0.2) is 9.48 Å². The van der Waals surface area contributed by atoms with E-state index < -0.39 is 5.97 Å². The number of carboxylic acids is 1. The molecule has 2 aromatic carbocycles. The van der Waals surface area contributed by atoms with Crippen LogP contribution in [0.1, 0.15) is 10.5 Å². The molecule has 8 heteroatoms. The van der Waals surface area contributed by atoms with E-state index in [0.29, 0.717) is 32.7 Å². The van der Waals surface area contributed by atoms with E-state index in [4.69, 9.17) is 27.9 Å². The Kier molecular flexibility index (Phi) is 4.42. The Morgan fingerprint density at radius 2 is 1.88 bits per heavy atom. The van der Waals surface area contributed by atoms with Crippen molar-refractivity contribution >= 4 is 29.2 Å². The van der Waals surface area contributed by atoms with Crippen molar-refractivity contribution in [1.82, 2.24) is 15.0 Å². The van der Waals surface area contributed by atoms with Gasteiger partial charge < -0.3 is 9.84 Å². The fraction of sp³-hybridized carbons (Fsp3) is 0.0625. The van der Waals surface area contributed by atoms with Crippen LogP contribution in [0.15, 0.2) is 42.5 Å². The number of nitrogens with zero attached hydrogens (tertiary/aromatic N) is 3. The predicted molar refractivity (Wildman–Crippen MR) is 90.3 cm³/mol. The largest absolute Gasteiger partial charge is 0.495 e. The third-order valence-electron chi connectivity index (χ3n) is 3.37. The van der Waals surface area contributed by atoms with Crippen LogP contribution in [0.25, 0.3) is 16.9 Å². The first-order valence-corrected chi connectivity index (χ1v) is 7.55. The minimum absolute atomic E-state index is 0.163. The second-order valence-corrected chi connectivity index (χ2v) is 5.67. The number of aromatic carboxylic acids is 1. The lowest BCUT2D eigenvalue weighted by Crippen LogP contribution is -2.03. The predicted octanol–water partition coefficient (Wildman–Crippen LogP) is 3.95. The molecule has 0 fully saturated rings. The van der Waals surface area contributed by atoms with Crippen molar-refractivity contribution in [3.05, 3.63) is 58.2 Å². The number of rotatable bonds is 4. The van der Waals surface area contributed by atoms with Crippen LogP contribution < -0.4 is 4.74 Å². The van der Waals surface area contributed by atoms with Gasteiger partial charge >= 0.3 is 5.97 Å². The summed E-state index contributed by atoms with van der Waals surface area (Å²) in [5.41, 5.74) is 1.35. The lowest BCUT2D eigenvalue weighted by molar-refractivity contribution is 0.0691. The maximum absolute atomic E-state index is 11.5. The Labute approximate surface area is 147 Å². The van der Waals surface area contributed by atoms with Crippen molar-refractivity contribution < 1.29 is 14.6 Å².